The first kappa shape index (κ1) is 28.2. The van der Waals surface area contributed by atoms with Gasteiger partial charge in [0.2, 0.25) is 0 Å². The van der Waals surface area contributed by atoms with Crippen molar-refractivity contribution in [1.29, 1.82) is 0 Å². The Morgan fingerprint density at radius 1 is 0.373 bits per heavy atom. The van der Waals surface area contributed by atoms with Crippen molar-refractivity contribution in [2.75, 3.05) is 4.90 Å². The van der Waals surface area contributed by atoms with Gasteiger partial charge in [0.1, 0.15) is 11.2 Å². The van der Waals surface area contributed by atoms with Crippen LogP contribution in [0.25, 0.3) is 55.3 Å². The van der Waals surface area contributed by atoms with Crippen LogP contribution in [0, 0.1) is 0 Å². The molecular weight excluding hydrogens is 619 g/mol. The molecule has 2 aliphatic rings. The summed E-state index contributed by atoms with van der Waals surface area (Å²) in [6.45, 7) is 0. The van der Waals surface area contributed by atoms with E-state index in [2.05, 4.69) is 181 Å². The van der Waals surface area contributed by atoms with Crippen LogP contribution < -0.4 is 4.90 Å². The molecule has 0 saturated heterocycles. The van der Waals surface area contributed by atoms with Gasteiger partial charge in [0, 0.05) is 27.7 Å². The van der Waals surface area contributed by atoms with Crippen molar-refractivity contribution in [2.45, 2.75) is 5.41 Å². The molecule has 2 nitrogen and oxygen atoms in total. The molecule has 1 aromatic heterocycles. The summed E-state index contributed by atoms with van der Waals surface area (Å²) < 4.78 is 6.25. The third-order valence-corrected chi connectivity index (χ3v) is 11.1. The summed E-state index contributed by atoms with van der Waals surface area (Å²) in [4.78, 5) is 2.45. The molecule has 1 spiro atoms. The summed E-state index contributed by atoms with van der Waals surface area (Å²) in [5, 5.41) is 2.29. The summed E-state index contributed by atoms with van der Waals surface area (Å²) in [5.41, 5.74) is 17.6. The zero-order valence-corrected chi connectivity index (χ0v) is 27.8. The number of benzene rings is 8. The molecule has 8 aromatic carbocycles. The second kappa shape index (κ2) is 10.7. The van der Waals surface area contributed by atoms with E-state index in [1.807, 2.05) is 12.1 Å². The average Bonchev–Trinajstić information content (AvgIpc) is 3.83. The fraction of sp³-hybridized carbons (Fsp3) is 0.0204. The van der Waals surface area contributed by atoms with Crippen molar-refractivity contribution in [3.05, 3.63) is 210 Å². The lowest BCUT2D eigenvalue weighted by molar-refractivity contribution is 0.669. The molecular formula is C49H31NO. The predicted molar refractivity (Wildman–Crippen MR) is 210 cm³/mol. The van der Waals surface area contributed by atoms with Crippen molar-refractivity contribution < 1.29 is 4.42 Å². The molecule has 0 bridgehead atoms. The Balaban J connectivity index is 1.16. The van der Waals surface area contributed by atoms with Crippen molar-refractivity contribution >= 4 is 39.0 Å². The first-order valence-corrected chi connectivity index (χ1v) is 17.6. The number of fused-ring (bicyclic) bond motifs is 13. The van der Waals surface area contributed by atoms with Gasteiger partial charge in [-0.05, 0) is 92.5 Å². The second-order valence-corrected chi connectivity index (χ2v) is 13.6. The third-order valence-electron chi connectivity index (χ3n) is 11.1. The van der Waals surface area contributed by atoms with Crippen LogP contribution >= 0.6 is 0 Å². The number of para-hydroxylation sites is 2. The van der Waals surface area contributed by atoms with Gasteiger partial charge in [0.15, 0.2) is 0 Å². The molecule has 0 aliphatic heterocycles. The highest BCUT2D eigenvalue weighted by atomic mass is 16.3. The molecule has 2 aliphatic carbocycles. The van der Waals surface area contributed by atoms with Crippen LogP contribution in [0.2, 0.25) is 0 Å². The van der Waals surface area contributed by atoms with Crippen molar-refractivity contribution in [3.8, 4) is 33.4 Å². The Hall–Kier alpha value is -6.64. The quantitative estimate of drug-likeness (QED) is 0.189. The Labute approximate surface area is 296 Å². The van der Waals surface area contributed by atoms with Crippen LogP contribution in [0.5, 0.6) is 0 Å². The van der Waals surface area contributed by atoms with E-state index < -0.39 is 5.41 Å². The fourth-order valence-electron chi connectivity index (χ4n) is 9.13. The standard InChI is InChI=1S/C49H31NO/c1-2-14-33(15-3-1)50(34-30-28-32(29-31-34)35-20-13-27-46-47(35)40-19-7-11-26-45(40)51-46)44-25-12-21-39-38-18-6-10-24-43(38)49(48(39)44)41-22-8-4-16-36(41)37-17-5-9-23-42(37)49/h1-31H. The minimum absolute atomic E-state index is 0.458. The van der Waals surface area contributed by atoms with Crippen LogP contribution in [0.1, 0.15) is 22.3 Å². The zero-order chi connectivity index (χ0) is 33.5. The Kier molecular flexibility index (Phi) is 5.91. The highest BCUT2D eigenvalue weighted by Gasteiger charge is 2.53. The molecule has 0 unspecified atom stereocenters. The van der Waals surface area contributed by atoms with Gasteiger partial charge >= 0.3 is 0 Å². The van der Waals surface area contributed by atoms with E-state index in [9.17, 15) is 0 Å². The Morgan fingerprint density at radius 3 is 1.59 bits per heavy atom. The summed E-state index contributed by atoms with van der Waals surface area (Å²) in [7, 11) is 0. The van der Waals surface area contributed by atoms with Gasteiger partial charge in [0.05, 0.1) is 11.1 Å². The monoisotopic (exact) mass is 649 g/mol. The number of hydrogen-bond acceptors (Lipinski definition) is 2. The molecule has 1 heterocycles. The molecule has 0 N–H and O–H groups in total. The van der Waals surface area contributed by atoms with E-state index in [-0.39, 0.29) is 0 Å². The first-order chi connectivity index (χ1) is 25.3. The van der Waals surface area contributed by atoms with Gasteiger partial charge in [-0.1, -0.05) is 146 Å². The van der Waals surface area contributed by atoms with Crippen LogP contribution in [-0.4, -0.2) is 0 Å². The van der Waals surface area contributed by atoms with Gasteiger partial charge in [-0.15, -0.1) is 0 Å². The van der Waals surface area contributed by atoms with Crippen molar-refractivity contribution in [2.24, 2.45) is 0 Å². The number of furan rings is 1. The molecule has 238 valence electrons. The highest BCUT2D eigenvalue weighted by Crippen LogP contribution is 2.65. The minimum Gasteiger partial charge on any atom is -0.456 e. The molecule has 51 heavy (non-hydrogen) atoms. The summed E-state index contributed by atoms with van der Waals surface area (Å²) in [5.74, 6) is 0. The summed E-state index contributed by atoms with van der Waals surface area (Å²) in [6, 6.07) is 68.5. The molecule has 0 fully saturated rings. The molecule has 0 saturated carbocycles. The van der Waals surface area contributed by atoms with E-state index in [1.165, 1.54) is 55.8 Å². The second-order valence-electron chi connectivity index (χ2n) is 13.6. The van der Waals surface area contributed by atoms with Gasteiger partial charge in [-0.25, -0.2) is 0 Å². The largest absolute Gasteiger partial charge is 0.456 e. The third kappa shape index (κ3) is 3.82. The topological polar surface area (TPSA) is 16.4 Å². The van der Waals surface area contributed by atoms with E-state index in [4.69, 9.17) is 4.42 Å². The van der Waals surface area contributed by atoms with Crippen LogP contribution in [0.4, 0.5) is 17.1 Å². The molecule has 0 radical (unpaired) electrons. The fourth-order valence-corrected chi connectivity index (χ4v) is 9.13. The first-order valence-electron chi connectivity index (χ1n) is 17.6. The normalized spacial score (nSPS) is 13.3. The van der Waals surface area contributed by atoms with Crippen molar-refractivity contribution in [1.82, 2.24) is 0 Å². The van der Waals surface area contributed by atoms with Crippen LogP contribution in [0.3, 0.4) is 0 Å². The maximum atomic E-state index is 6.25. The van der Waals surface area contributed by atoms with Crippen molar-refractivity contribution in [3.63, 3.8) is 0 Å². The Bertz CT molecular complexity index is 2750. The maximum Gasteiger partial charge on any atom is 0.136 e. The number of nitrogens with zero attached hydrogens (tertiary/aromatic N) is 1. The minimum atomic E-state index is -0.458. The number of rotatable bonds is 4. The summed E-state index contributed by atoms with van der Waals surface area (Å²) in [6.07, 6.45) is 0. The van der Waals surface area contributed by atoms with Gasteiger partial charge in [-0.3, -0.25) is 0 Å². The summed E-state index contributed by atoms with van der Waals surface area (Å²) >= 11 is 0. The van der Waals surface area contributed by atoms with E-state index in [0.717, 1.165) is 38.9 Å². The predicted octanol–water partition coefficient (Wildman–Crippen LogP) is 13.1. The van der Waals surface area contributed by atoms with Crippen LogP contribution in [0.15, 0.2) is 192 Å². The smallest absolute Gasteiger partial charge is 0.136 e. The van der Waals surface area contributed by atoms with Gasteiger partial charge in [0.25, 0.3) is 0 Å². The van der Waals surface area contributed by atoms with Crippen LogP contribution in [-0.2, 0) is 5.41 Å². The Morgan fingerprint density at radius 2 is 0.882 bits per heavy atom. The molecule has 9 aromatic rings. The van der Waals surface area contributed by atoms with E-state index in [1.54, 1.807) is 0 Å². The molecule has 0 amide bonds. The lowest BCUT2D eigenvalue weighted by atomic mass is 9.70. The SMILES string of the molecule is c1ccc(N(c2ccc(-c3cccc4oc5ccccc5c34)cc2)c2cccc3c2C2(c4ccccc4-c4ccccc42)c2ccccc2-3)cc1. The molecule has 11 rings (SSSR count). The molecule has 0 atom stereocenters. The lowest BCUT2D eigenvalue weighted by Gasteiger charge is -2.35. The highest BCUT2D eigenvalue weighted by molar-refractivity contribution is 6.12. The maximum absolute atomic E-state index is 6.25. The lowest BCUT2D eigenvalue weighted by Crippen LogP contribution is -2.28. The molecule has 2 heteroatoms. The number of anilines is 3. The van der Waals surface area contributed by atoms with E-state index in [0.29, 0.717) is 0 Å². The van der Waals surface area contributed by atoms with Gasteiger partial charge in [-0.2, -0.15) is 0 Å². The average molecular weight is 650 g/mol. The zero-order valence-electron chi connectivity index (χ0n) is 27.8. The number of hydrogen-bond donors (Lipinski definition) is 0. The van der Waals surface area contributed by atoms with Gasteiger partial charge < -0.3 is 9.32 Å². The van der Waals surface area contributed by atoms with E-state index >= 15 is 0 Å².